The third-order valence-corrected chi connectivity index (χ3v) is 7.87. The van der Waals surface area contributed by atoms with Gasteiger partial charge in [-0.05, 0) is 69.1 Å². The molecular formula is C26H37N5O2S. The number of rotatable bonds is 8. The first-order valence-electron chi connectivity index (χ1n) is 12.7. The zero-order chi connectivity index (χ0) is 23.5. The number of nitrogens with one attached hydrogen (secondary N) is 1. The topological polar surface area (TPSA) is 54.8 Å². The standard InChI is InChI=1S/C26H37N5O2S/c1-19-17-22(20(2)30(19)11-6-10-29-12-15-32-16-13-29)25-24(23-8-3-4-9-27-23)28-26(34)31(25)18-21-7-5-14-33-21/h3-4,8-9,17,21,24-25H,5-7,10-16,18H2,1-2H3,(H,28,34)/t21-,24+,25+/m0/s1. The van der Waals surface area contributed by atoms with Crippen molar-refractivity contribution in [3.05, 3.63) is 53.1 Å². The van der Waals surface area contributed by atoms with Gasteiger partial charge in [0.15, 0.2) is 5.11 Å². The fraction of sp³-hybridized carbons (Fsp3) is 0.615. The number of hydrogen-bond acceptors (Lipinski definition) is 5. The Morgan fingerprint density at radius 3 is 2.74 bits per heavy atom. The van der Waals surface area contributed by atoms with Gasteiger partial charge in [0.05, 0.1) is 37.1 Å². The third kappa shape index (κ3) is 5.00. The fourth-order valence-corrected chi connectivity index (χ4v) is 6.01. The van der Waals surface area contributed by atoms with Crippen LogP contribution in [0.2, 0.25) is 0 Å². The normalized spacial score (nSPS) is 25.8. The van der Waals surface area contributed by atoms with E-state index >= 15 is 0 Å². The number of aromatic nitrogens is 2. The number of pyridine rings is 1. The van der Waals surface area contributed by atoms with E-state index in [1.165, 1.54) is 17.0 Å². The Bertz CT molecular complexity index is 969. The molecule has 3 aliphatic heterocycles. The highest BCUT2D eigenvalue weighted by molar-refractivity contribution is 7.80. The molecule has 3 fully saturated rings. The summed E-state index contributed by atoms with van der Waals surface area (Å²) < 4.78 is 14.0. The van der Waals surface area contributed by atoms with Gasteiger partial charge in [-0.15, -0.1) is 0 Å². The molecular weight excluding hydrogens is 446 g/mol. The van der Waals surface area contributed by atoms with Crippen LogP contribution in [0.5, 0.6) is 0 Å². The van der Waals surface area contributed by atoms with E-state index in [9.17, 15) is 0 Å². The molecule has 0 aromatic carbocycles. The largest absolute Gasteiger partial charge is 0.379 e. The third-order valence-electron chi connectivity index (χ3n) is 7.51. The van der Waals surface area contributed by atoms with E-state index in [4.69, 9.17) is 26.7 Å². The van der Waals surface area contributed by atoms with Gasteiger partial charge < -0.3 is 24.3 Å². The molecule has 0 aliphatic carbocycles. The Morgan fingerprint density at radius 1 is 1.15 bits per heavy atom. The van der Waals surface area contributed by atoms with Crippen LogP contribution >= 0.6 is 12.2 Å². The lowest BCUT2D eigenvalue weighted by Gasteiger charge is -2.30. The molecule has 3 atom stereocenters. The monoisotopic (exact) mass is 483 g/mol. The van der Waals surface area contributed by atoms with Gasteiger partial charge in [-0.2, -0.15) is 0 Å². The zero-order valence-electron chi connectivity index (χ0n) is 20.4. The molecule has 0 unspecified atom stereocenters. The quantitative estimate of drug-likeness (QED) is 0.578. The van der Waals surface area contributed by atoms with Crippen molar-refractivity contribution < 1.29 is 9.47 Å². The second kappa shape index (κ2) is 10.7. The van der Waals surface area contributed by atoms with Crippen LogP contribution in [0.25, 0.3) is 0 Å². The van der Waals surface area contributed by atoms with E-state index in [0.29, 0.717) is 0 Å². The lowest BCUT2D eigenvalue weighted by Crippen LogP contribution is -2.37. The average molecular weight is 484 g/mol. The van der Waals surface area contributed by atoms with Crippen molar-refractivity contribution in [2.75, 3.05) is 46.0 Å². The maximum atomic E-state index is 5.99. The Morgan fingerprint density at radius 2 is 2.00 bits per heavy atom. The molecule has 5 rings (SSSR count). The van der Waals surface area contributed by atoms with E-state index in [1.807, 2.05) is 12.3 Å². The molecule has 5 heterocycles. The van der Waals surface area contributed by atoms with E-state index in [0.717, 1.165) is 82.6 Å². The highest BCUT2D eigenvalue weighted by Crippen LogP contribution is 2.41. The summed E-state index contributed by atoms with van der Waals surface area (Å²) in [6, 6.07) is 8.62. The van der Waals surface area contributed by atoms with Crippen LogP contribution in [0.1, 0.15) is 54.0 Å². The summed E-state index contributed by atoms with van der Waals surface area (Å²) in [5.74, 6) is 0. The van der Waals surface area contributed by atoms with Crippen molar-refractivity contribution in [2.24, 2.45) is 0 Å². The lowest BCUT2D eigenvalue weighted by molar-refractivity contribution is 0.0369. The van der Waals surface area contributed by atoms with Crippen molar-refractivity contribution >= 4 is 17.3 Å². The van der Waals surface area contributed by atoms with Crippen molar-refractivity contribution in [2.45, 2.75) is 57.8 Å². The number of hydrogen-bond donors (Lipinski definition) is 1. The molecule has 2 aromatic rings. The minimum atomic E-state index is 0.0254. The van der Waals surface area contributed by atoms with E-state index < -0.39 is 0 Å². The molecule has 1 N–H and O–H groups in total. The highest BCUT2D eigenvalue weighted by Gasteiger charge is 2.42. The summed E-state index contributed by atoms with van der Waals surface area (Å²) >= 11 is 5.86. The second-order valence-corrected chi connectivity index (χ2v) is 10.1. The molecule has 0 saturated carbocycles. The molecule has 0 bridgehead atoms. The first-order chi connectivity index (χ1) is 16.6. The van der Waals surface area contributed by atoms with Gasteiger partial charge in [0.1, 0.15) is 0 Å². The summed E-state index contributed by atoms with van der Waals surface area (Å²) in [6.45, 7) is 12.1. The minimum absolute atomic E-state index is 0.0254. The van der Waals surface area contributed by atoms with Gasteiger partial charge in [-0.1, -0.05) is 6.07 Å². The number of ether oxygens (including phenoxy) is 2. The highest BCUT2D eigenvalue weighted by atomic mass is 32.1. The van der Waals surface area contributed by atoms with Gasteiger partial charge in [-0.3, -0.25) is 9.88 Å². The molecule has 184 valence electrons. The van der Waals surface area contributed by atoms with Gasteiger partial charge in [0.2, 0.25) is 0 Å². The van der Waals surface area contributed by atoms with Crippen LogP contribution in [-0.2, 0) is 16.0 Å². The molecule has 8 heteroatoms. The van der Waals surface area contributed by atoms with Crippen LogP contribution in [0.15, 0.2) is 30.5 Å². The van der Waals surface area contributed by atoms with Crippen molar-refractivity contribution in [1.29, 1.82) is 0 Å². The fourth-order valence-electron chi connectivity index (χ4n) is 5.70. The molecule has 2 aromatic heterocycles. The van der Waals surface area contributed by atoms with Crippen LogP contribution < -0.4 is 5.32 Å². The maximum absolute atomic E-state index is 5.99. The smallest absolute Gasteiger partial charge is 0.170 e. The summed E-state index contributed by atoms with van der Waals surface area (Å²) in [6.07, 6.45) is 5.47. The number of aryl methyl sites for hydroxylation is 1. The van der Waals surface area contributed by atoms with Gasteiger partial charge >= 0.3 is 0 Å². The van der Waals surface area contributed by atoms with E-state index in [2.05, 4.69) is 51.7 Å². The minimum Gasteiger partial charge on any atom is -0.379 e. The lowest BCUT2D eigenvalue weighted by atomic mass is 9.96. The Hall–Kier alpha value is -2.00. The van der Waals surface area contributed by atoms with Gasteiger partial charge in [0.25, 0.3) is 0 Å². The number of morpholine rings is 1. The summed E-state index contributed by atoms with van der Waals surface area (Å²) in [5.41, 5.74) is 5.00. The van der Waals surface area contributed by atoms with E-state index in [1.54, 1.807) is 0 Å². The van der Waals surface area contributed by atoms with Crippen LogP contribution in [-0.4, -0.2) is 76.6 Å². The van der Waals surface area contributed by atoms with Crippen LogP contribution in [0.4, 0.5) is 0 Å². The van der Waals surface area contributed by atoms with E-state index in [-0.39, 0.29) is 18.2 Å². The van der Waals surface area contributed by atoms with Crippen molar-refractivity contribution in [3.8, 4) is 0 Å². The SMILES string of the molecule is Cc1cc([C@@H]2[C@@H](c3ccccn3)NC(=S)N2C[C@@H]2CCCO2)c(C)n1CCCN1CCOCC1. The predicted molar refractivity (Wildman–Crippen MR) is 137 cm³/mol. The molecule has 34 heavy (non-hydrogen) atoms. The van der Waals surface area contributed by atoms with Gasteiger partial charge in [-0.25, -0.2) is 0 Å². The summed E-state index contributed by atoms with van der Waals surface area (Å²) in [7, 11) is 0. The molecule has 0 amide bonds. The summed E-state index contributed by atoms with van der Waals surface area (Å²) in [5, 5.41) is 4.40. The molecule has 0 radical (unpaired) electrons. The zero-order valence-corrected chi connectivity index (χ0v) is 21.2. The Kier molecular flexibility index (Phi) is 7.49. The van der Waals surface area contributed by atoms with Crippen molar-refractivity contribution in [3.63, 3.8) is 0 Å². The number of nitrogens with zero attached hydrogens (tertiary/aromatic N) is 4. The Balaban J connectivity index is 1.39. The Labute approximate surface area is 208 Å². The van der Waals surface area contributed by atoms with Crippen LogP contribution in [0.3, 0.4) is 0 Å². The predicted octanol–water partition coefficient (Wildman–Crippen LogP) is 3.37. The molecule has 3 aliphatic rings. The van der Waals surface area contributed by atoms with Gasteiger partial charge in [0, 0.05) is 56.9 Å². The first-order valence-corrected chi connectivity index (χ1v) is 13.1. The molecule has 3 saturated heterocycles. The first kappa shape index (κ1) is 23.7. The van der Waals surface area contributed by atoms with Crippen molar-refractivity contribution in [1.82, 2.24) is 24.7 Å². The molecule has 7 nitrogen and oxygen atoms in total. The maximum Gasteiger partial charge on any atom is 0.170 e. The second-order valence-electron chi connectivity index (χ2n) is 9.70. The summed E-state index contributed by atoms with van der Waals surface area (Å²) in [4.78, 5) is 9.56. The van der Waals surface area contributed by atoms with Crippen LogP contribution in [0, 0.1) is 13.8 Å². The molecule has 0 spiro atoms. The average Bonchev–Trinajstić information content (AvgIpc) is 3.56. The number of thiocarbonyl (C=S) groups is 1.